The van der Waals surface area contributed by atoms with Gasteiger partial charge in [-0.15, -0.1) is 0 Å². The Labute approximate surface area is 208 Å². The third-order valence-corrected chi connectivity index (χ3v) is 7.04. The standard InChI is InChI=1S/C27H18ClFN2O5/c28-16-9-10-21-17(13-16)23(33)22-24(36-21)25(34)31(11-12-32)27(22)18-6-2-4-8-20(18)30(26(27)35)14-15-5-1-3-7-19(15)29/h1-10,13,32H,11-12,14H2. The number of β-amino-alcohol motifs (C(OH)–C–C–N with tert-alkyl or cyclic N) is 1. The monoisotopic (exact) mass is 504 g/mol. The highest BCUT2D eigenvalue weighted by Crippen LogP contribution is 2.52. The molecule has 0 saturated carbocycles. The molecular weight excluding hydrogens is 487 g/mol. The topological polar surface area (TPSA) is 91.1 Å². The molecule has 1 aromatic heterocycles. The number of amides is 2. The van der Waals surface area contributed by atoms with E-state index in [1.165, 1.54) is 34.1 Å². The minimum absolute atomic E-state index is 0.120. The van der Waals surface area contributed by atoms with Gasteiger partial charge in [0.05, 0.1) is 29.8 Å². The number of fused-ring (bicyclic) bond motifs is 5. The molecule has 1 atom stereocenters. The lowest BCUT2D eigenvalue weighted by atomic mass is 9.84. The maximum Gasteiger partial charge on any atom is 0.291 e. The fraction of sp³-hybridized carbons (Fsp3) is 0.148. The van der Waals surface area contributed by atoms with Gasteiger partial charge in [-0.1, -0.05) is 48.0 Å². The summed E-state index contributed by atoms with van der Waals surface area (Å²) in [4.78, 5) is 44.4. The van der Waals surface area contributed by atoms with Crippen molar-refractivity contribution in [1.82, 2.24) is 4.90 Å². The number of halogens is 2. The van der Waals surface area contributed by atoms with Crippen LogP contribution in [0.15, 0.2) is 75.9 Å². The molecule has 0 fully saturated rings. The Morgan fingerprint density at radius 3 is 2.53 bits per heavy atom. The number of para-hydroxylation sites is 1. The summed E-state index contributed by atoms with van der Waals surface area (Å²) < 4.78 is 20.5. The van der Waals surface area contributed by atoms with Crippen LogP contribution in [0.4, 0.5) is 10.1 Å². The highest BCUT2D eigenvalue weighted by Gasteiger charge is 2.64. The van der Waals surface area contributed by atoms with E-state index in [1.54, 1.807) is 42.5 Å². The first-order valence-corrected chi connectivity index (χ1v) is 11.6. The molecule has 3 heterocycles. The number of carbonyl (C=O) groups excluding carboxylic acids is 2. The second-order valence-electron chi connectivity index (χ2n) is 8.67. The van der Waals surface area contributed by atoms with Crippen molar-refractivity contribution in [2.75, 3.05) is 18.1 Å². The molecular formula is C27H18ClFN2O5. The minimum Gasteiger partial charge on any atom is -0.450 e. The van der Waals surface area contributed by atoms with Crippen LogP contribution in [0, 0.1) is 5.82 Å². The van der Waals surface area contributed by atoms with Gasteiger partial charge in [0.1, 0.15) is 11.4 Å². The van der Waals surface area contributed by atoms with E-state index in [0.717, 1.165) is 0 Å². The Hall–Kier alpha value is -4.01. The van der Waals surface area contributed by atoms with Crippen molar-refractivity contribution in [3.63, 3.8) is 0 Å². The highest BCUT2D eigenvalue weighted by atomic mass is 35.5. The van der Waals surface area contributed by atoms with E-state index in [0.29, 0.717) is 16.3 Å². The van der Waals surface area contributed by atoms with E-state index in [1.807, 2.05) is 0 Å². The zero-order chi connectivity index (χ0) is 25.2. The van der Waals surface area contributed by atoms with Crippen LogP contribution < -0.4 is 10.3 Å². The first-order chi connectivity index (χ1) is 17.4. The number of rotatable bonds is 4. The van der Waals surface area contributed by atoms with E-state index < -0.39 is 35.2 Å². The first-order valence-electron chi connectivity index (χ1n) is 11.2. The average molecular weight is 505 g/mol. The van der Waals surface area contributed by atoms with Crippen molar-refractivity contribution >= 4 is 40.1 Å². The van der Waals surface area contributed by atoms with Gasteiger partial charge in [0.15, 0.2) is 11.0 Å². The second-order valence-corrected chi connectivity index (χ2v) is 9.10. The zero-order valence-electron chi connectivity index (χ0n) is 18.7. The molecule has 6 rings (SSSR count). The van der Waals surface area contributed by atoms with Crippen LogP contribution in [0.3, 0.4) is 0 Å². The van der Waals surface area contributed by atoms with Crippen LogP contribution in [-0.4, -0.2) is 35.0 Å². The van der Waals surface area contributed by atoms with E-state index in [-0.39, 0.29) is 40.9 Å². The van der Waals surface area contributed by atoms with Crippen LogP contribution in [0.2, 0.25) is 5.02 Å². The van der Waals surface area contributed by atoms with Crippen molar-refractivity contribution in [3.8, 4) is 0 Å². The van der Waals surface area contributed by atoms with Crippen molar-refractivity contribution in [3.05, 3.63) is 110 Å². The lowest BCUT2D eigenvalue weighted by Gasteiger charge is -2.33. The molecule has 0 saturated heterocycles. The molecule has 2 aliphatic heterocycles. The molecule has 0 bridgehead atoms. The number of nitrogens with zero attached hydrogens (tertiary/aromatic N) is 2. The van der Waals surface area contributed by atoms with E-state index >= 15 is 0 Å². The SMILES string of the molecule is O=C1c2oc3ccc(Cl)cc3c(=O)c2C2(C(=O)N(Cc3ccccc3F)c3ccccc32)N1CCO. The summed E-state index contributed by atoms with van der Waals surface area (Å²) in [5, 5.41) is 10.3. The Morgan fingerprint density at radius 1 is 1.00 bits per heavy atom. The largest absolute Gasteiger partial charge is 0.450 e. The van der Waals surface area contributed by atoms with Gasteiger partial charge < -0.3 is 19.3 Å². The molecule has 2 amide bonds. The predicted molar refractivity (Wildman–Crippen MR) is 130 cm³/mol. The van der Waals surface area contributed by atoms with Crippen LogP contribution in [0.1, 0.15) is 27.2 Å². The molecule has 0 radical (unpaired) electrons. The summed E-state index contributed by atoms with van der Waals surface area (Å²) in [6.45, 7) is -0.803. The summed E-state index contributed by atoms with van der Waals surface area (Å²) in [7, 11) is 0. The summed E-state index contributed by atoms with van der Waals surface area (Å²) in [5.41, 5.74) is -1.36. The number of hydrogen-bond acceptors (Lipinski definition) is 5. The molecule has 36 heavy (non-hydrogen) atoms. The van der Waals surface area contributed by atoms with Crippen molar-refractivity contribution in [1.29, 1.82) is 0 Å². The Morgan fingerprint density at radius 2 is 1.75 bits per heavy atom. The van der Waals surface area contributed by atoms with Crippen LogP contribution in [0.5, 0.6) is 0 Å². The van der Waals surface area contributed by atoms with E-state index in [2.05, 4.69) is 0 Å². The van der Waals surface area contributed by atoms with Crippen molar-refractivity contribution in [2.24, 2.45) is 0 Å². The molecule has 0 aliphatic carbocycles. The van der Waals surface area contributed by atoms with Crippen LogP contribution in [-0.2, 0) is 16.9 Å². The maximum atomic E-state index is 14.6. The van der Waals surface area contributed by atoms with Gasteiger partial charge in [0.2, 0.25) is 5.76 Å². The van der Waals surface area contributed by atoms with Gasteiger partial charge in [-0.3, -0.25) is 14.4 Å². The lowest BCUT2D eigenvalue weighted by Crippen LogP contribution is -2.54. The fourth-order valence-corrected chi connectivity index (χ4v) is 5.49. The number of aliphatic hydroxyl groups excluding tert-OH is 1. The minimum atomic E-state index is -1.88. The van der Waals surface area contributed by atoms with Gasteiger partial charge >= 0.3 is 0 Å². The Kier molecular flexibility index (Phi) is 5.00. The molecule has 4 aromatic rings. The summed E-state index contributed by atoms with van der Waals surface area (Å²) >= 11 is 6.14. The molecule has 1 N–H and O–H groups in total. The average Bonchev–Trinajstić information content (AvgIpc) is 3.26. The number of carbonyl (C=O) groups is 2. The van der Waals surface area contributed by atoms with Crippen LogP contribution >= 0.6 is 11.6 Å². The molecule has 180 valence electrons. The summed E-state index contributed by atoms with van der Waals surface area (Å²) in [6.07, 6.45) is 0. The fourth-order valence-electron chi connectivity index (χ4n) is 5.32. The van der Waals surface area contributed by atoms with Gasteiger partial charge in [-0.2, -0.15) is 0 Å². The molecule has 3 aromatic carbocycles. The maximum absolute atomic E-state index is 14.6. The first kappa shape index (κ1) is 22.5. The quantitative estimate of drug-likeness (QED) is 0.456. The molecule has 9 heteroatoms. The normalized spacial score (nSPS) is 18.4. The van der Waals surface area contributed by atoms with Gasteiger partial charge in [0, 0.05) is 22.7 Å². The second kappa shape index (κ2) is 8.01. The van der Waals surface area contributed by atoms with Gasteiger partial charge in [-0.05, 0) is 30.3 Å². The highest BCUT2D eigenvalue weighted by molar-refractivity contribution is 6.31. The third-order valence-electron chi connectivity index (χ3n) is 6.81. The summed E-state index contributed by atoms with van der Waals surface area (Å²) in [6, 6.07) is 17.3. The van der Waals surface area contributed by atoms with E-state index in [9.17, 15) is 23.9 Å². The molecule has 2 aliphatic rings. The van der Waals surface area contributed by atoms with Crippen LogP contribution in [0.25, 0.3) is 11.0 Å². The Balaban J connectivity index is 1.67. The zero-order valence-corrected chi connectivity index (χ0v) is 19.5. The number of aliphatic hydroxyl groups is 1. The van der Waals surface area contributed by atoms with Crippen molar-refractivity contribution in [2.45, 2.75) is 12.1 Å². The molecule has 1 spiro atoms. The number of hydrogen-bond donors (Lipinski definition) is 1. The van der Waals surface area contributed by atoms with Crippen molar-refractivity contribution < 1.29 is 23.5 Å². The Bertz CT molecular complexity index is 1650. The molecule has 1 unspecified atom stereocenters. The molecule has 7 nitrogen and oxygen atoms in total. The number of benzene rings is 3. The predicted octanol–water partition coefficient (Wildman–Crippen LogP) is 3.82. The lowest BCUT2D eigenvalue weighted by molar-refractivity contribution is -0.126. The van der Waals surface area contributed by atoms with Gasteiger partial charge in [-0.25, -0.2) is 4.39 Å². The summed E-state index contributed by atoms with van der Waals surface area (Å²) in [5.74, 6) is -2.05. The van der Waals surface area contributed by atoms with E-state index in [4.69, 9.17) is 16.0 Å². The third kappa shape index (κ3) is 2.85. The van der Waals surface area contributed by atoms with Gasteiger partial charge in [0.25, 0.3) is 11.8 Å². The smallest absolute Gasteiger partial charge is 0.291 e. The number of anilines is 1.